The quantitative estimate of drug-likeness (QED) is 0.707. The molecule has 4 fully saturated rings. The molecule has 18 heavy (non-hydrogen) atoms. The van der Waals surface area contributed by atoms with Crippen molar-refractivity contribution in [1.29, 1.82) is 0 Å². The Kier molecular flexibility index (Phi) is 2.33. The van der Waals surface area contributed by atoms with Gasteiger partial charge in [0.25, 0.3) is 0 Å². The van der Waals surface area contributed by atoms with Gasteiger partial charge in [-0.05, 0) is 50.9 Å². The summed E-state index contributed by atoms with van der Waals surface area (Å²) >= 11 is 0. The lowest BCUT2D eigenvalue weighted by molar-refractivity contribution is -0.170. The molecule has 0 aromatic heterocycles. The second-order valence-electron chi connectivity index (χ2n) is 7.04. The van der Waals surface area contributed by atoms with Gasteiger partial charge < -0.3 is 9.47 Å². The summed E-state index contributed by atoms with van der Waals surface area (Å²) in [4.78, 5) is 12.4. The second-order valence-corrected chi connectivity index (χ2v) is 7.04. The van der Waals surface area contributed by atoms with Crippen molar-refractivity contribution in [2.45, 2.75) is 69.7 Å². The van der Waals surface area contributed by atoms with E-state index in [1.165, 1.54) is 19.3 Å². The Balaban J connectivity index is 1.44. The highest BCUT2D eigenvalue weighted by Crippen LogP contribution is 2.50. The van der Waals surface area contributed by atoms with E-state index in [9.17, 15) is 4.79 Å². The van der Waals surface area contributed by atoms with Crippen LogP contribution in [-0.2, 0) is 14.3 Å². The van der Waals surface area contributed by atoms with E-state index in [-0.39, 0.29) is 23.6 Å². The van der Waals surface area contributed by atoms with E-state index in [1.807, 2.05) is 0 Å². The van der Waals surface area contributed by atoms with Crippen molar-refractivity contribution >= 4 is 5.97 Å². The van der Waals surface area contributed by atoms with Gasteiger partial charge in [0, 0.05) is 6.42 Å². The van der Waals surface area contributed by atoms with Crippen LogP contribution in [0.4, 0.5) is 0 Å². The van der Waals surface area contributed by atoms with Gasteiger partial charge in [-0.25, -0.2) is 0 Å². The first kappa shape index (κ1) is 11.3. The summed E-state index contributed by atoms with van der Waals surface area (Å²) < 4.78 is 11.7. The van der Waals surface area contributed by atoms with Crippen LogP contribution in [0.25, 0.3) is 0 Å². The highest BCUT2D eigenvalue weighted by atomic mass is 16.6. The maximum Gasteiger partial charge on any atom is 0.309 e. The van der Waals surface area contributed by atoms with Crippen LogP contribution in [0.2, 0.25) is 0 Å². The summed E-state index contributed by atoms with van der Waals surface area (Å²) in [5, 5.41) is 0. The summed E-state index contributed by atoms with van der Waals surface area (Å²) in [5.41, 5.74) is -0.332. The molecule has 2 aliphatic carbocycles. The molecule has 3 nitrogen and oxygen atoms in total. The first-order valence-electron chi connectivity index (χ1n) is 7.52. The van der Waals surface area contributed by atoms with Crippen molar-refractivity contribution in [2.75, 3.05) is 0 Å². The van der Waals surface area contributed by atoms with Crippen molar-refractivity contribution in [2.24, 2.45) is 17.8 Å². The topological polar surface area (TPSA) is 35.5 Å². The van der Waals surface area contributed by atoms with Crippen LogP contribution in [0, 0.1) is 17.8 Å². The lowest BCUT2D eigenvalue weighted by Gasteiger charge is -2.33. The van der Waals surface area contributed by atoms with Gasteiger partial charge in [-0.2, -0.15) is 0 Å². The van der Waals surface area contributed by atoms with Crippen molar-refractivity contribution < 1.29 is 14.3 Å². The normalized spacial score (nSPS) is 53.1. The minimum absolute atomic E-state index is 0.0702. The predicted octanol–water partition coefficient (Wildman–Crippen LogP) is 2.68. The van der Waals surface area contributed by atoms with Crippen molar-refractivity contribution in [3.8, 4) is 0 Å². The Morgan fingerprint density at radius 2 is 2.11 bits per heavy atom. The van der Waals surface area contributed by atoms with Crippen LogP contribution in [0.1, 0.15) is 51.9 Å². The first-order valence-corrected chi connectivity index (χ1v) is 7.52. The second kappa shape index (κ2) is 3.72. The number of hydrogen-bond acceptors (Lipinski definition) is 3. The van der Waals surface area contributed by atoms with Gasteiger partial charge in [-0.3, -0.25) is 4.79 Å². The smallest absolute Gasteiger partial charge is 0.309 e. The van der Waals surface area contributed by atoms with Gasteiger partial charge >= 0.3 is 5.97 Å². The van der Waals surface area contributed by atoms with Crippen LogP contribution in [0.3, 0.4) is 0 Å². The van der Waals surface area contributed by atoms with E-state index in [1.54, 1.807) is 0 Å². The maximum absolute atomic E-state index is 12.4. The standard InChI is InChI=1S/C15H22O3/c1-15(8-11-4-5-13(15)17-11)18-14(16)12-7-9-2-3-10(12)6-9/h9-13H,2-8H2,1H3. The molecule has 4 rings (SSSR count). The molecule has 0 aromatic carbocycles. The van der Waals surface area contributed by atoms with Gasteiger partial charge in [0.2, 0.25) is 0 Å². The molecule has 0 spiro atoms. The lowest BCUT2D eigenvalue weighted by Crippen LogP contribution is -2.43. The zero-order valence-corrected chi connectivity index (χ0v) is 11.1. The van der Waals surface area contributed by atoms with Crippen molar-refractivity contribution in [3.05, 3.63) is 0 Å². The van der Waals surface area contributed by atoms with Crippen molar-refractivity contribution in [3.63, 3.8) is 0 Å². The Morgan fingerprint density at radius 1 is 1.22 bits per heavy atom. The molecule has 4 aliphatic rings. The van der Waals surface area contributed by atoms with Gasteiger partial charge in [0.05, 0.1) is 18.1 Å². The average molecular weight is 250 g/mol. The molecule has 0 radical (unpaired) electrons. The molecular weight excluding hydrogens is 228 g/mol. The molecule has 2 saturated carbocycles. The summed E-state index contributed by atoms with van der Waals surface area (Å²) in [7, 11) is 0. The third kappa shape index (κ3) is 1.56. The molecule has 3 heteroatoms. The minimum Gasteiger partial charge on any atom is -0.456 e. The van der Waals surface area contributed by atoms with Crippen LogP contribution in [0.15, 0.2) is 0 Å². The fourth-order valence-electron chi connectivity index (χ4n) is 4.83. The minimum atomic E-state index is -0.332. The van der Waals surface area contributed by atoms with Gasteiger partial charge in [0.15, 0.2) is 0 Å². The van der Waals surface area contributed by atoms with E-state index >= 15 is 0 Å². The largest absolute Gasteiger partial charge is 0.456 e. The third-order valence-electron chi connectivity index (χ3n) is 5.80. The number of esters is 1. The van der Waals surface area contributed by atoms with Crippen LogP contribution in [0.5, 0.6) is 0 Å². The third-order valence-corrected chi connectivity index (χ3v) is 5.80. The highest BCUT2D eigenvalue weighted by molar-refractivity contribution is 5.74. The fourth-order valence-corrected chi connectivity index (χ4v) is 4.83. The van der Waals surface area contributed by atoms with E-state index in [0.29, 0.717) is 12.0 Å². The zero-order valence-electron chi connectivity index (χ0n) is 11.1. The molecule has 100 valence electrons. The summed E-state index contributed by atoms with van der Waals surface area (Å²) in [5.74, 6) is 1.68. The molecule has 0 aromatic rings. The van der Waals surface area contributed by atoms with Crippen LogP contribution >= 0.6 is 0 Å². The molecule has 0 amide bonds. The fraction of sp³-hybridized carbons (Fsp3) is 0.933. The highest BCUT2D eigenvalue weighted by Gasteiger charge is 2.54. The number of carbonyl (C=O) groups is 1. The van der Waals surface area contributed by atoms with E-state index in [0.717, 1.165) is 31.6 Å². The average Bonchev–Trinajstić information content (AvgIpc) is 3.07. The Morgan fingerprint density at radius 3 is 2.67 bits per heavy atom. The van der Waals surface area contributed by atoms with Crippen LogP contribution < -0.4 is 0 Å². The maximum atomic E-state index is 12.4. The van der Waals surface area contributed by atoms with Gasteiger partial charge in [-0.1, -0.05) is 6.42 Å². The number of rotatable bonds is 2. The molecular formula is C15H22O3. The molecule has 0 N–H and O–H groups in total. The van der Waals surface area contributed by atoms with Crippen molar-refractivity contribution in [1.82, 2.24) is 0 Å². The molecule has 4 bridgehead atoms. The Bertz CT molecular complexity index is 380. The number of ether oxygens (including phenoxy) is 2. The first-order chi connectivity index (χ1) is 8.64. The molecule has 6 unspecified atom stereocenters. The van der Waals surface area contributed by atoms with E-state index < -0.39 is 0 Å². The monoisotopic (exact) mass is 250 g/mol. The SMILES string of the molecule is CC1(OC(=O)C2CC3CCC2C3)CC2CCC1O2. The number of fused-ring (bicyclic) bond motifs is 4. The Labute approximate surface area is 108 Å². The molecule has 2 heterocycles. The summed E-state index contributed by atoms with van der Waals surface area (Å²) in [6.07, 6.45) is 8.52. The predicted molar refractivity (Wildman–Crippen MR) is 65.9 cm³/mol. The Hall–Kier alpha value is -0.570. The number of carbonyl (C=O) groups excluding carboxylic acids is 1. The summed E-state index contributed by atoms with van der Waals surface area (Å²) in [6.45, 7) is 2.07. The summed E-state index contributed by atoms with van der Waals surface area (Å²) in [6, 6.07) is 0. The lowest BCUT2D eigenvalue weighted by atomic mass is 9.85. The zero-order chi connectivity index (χ0) is 12.3. The molecule has 2 saturated heterocycles. The molecule has 6 atom stereocenters. The molecule has 2 aliphatic heterocycles. The van der Waals surface area contributed by atoms with E-state index in [2.05, 4.69) is 6.92 Å². The van der Waals surface area contributed by atoms with E-state index in [4.69, 9.17) is 9.47 Å². The van der Waals surface area contributed by atoms with Gasteiger partial charge in [0.1, 0.15) is 5.60 Å². The number of hydrogen-bond donors (Lipinski definition) is 0. The van der Waals surface area contributed by atoms with Crippen LogP contribution in [-0.4, -0.2) is 23.8 Å². The van der Waals surface area contributed by atoms with Gasteiger partial charge in [-0.15, -0.1) is 0 Å².